The first-order valence-electron chi connectivity index (χ1n) is 10.8. The number of aryl methyl sites for hydroxylation is 1. The first-order valence-corrected chi connectivity index (χ1v) is 10.8. The van der Waals surface area contributed by atoms with Gasteiger partial charge in [-0.15, -0.1) is 0 Å². The molecule has 0 radical (unpaired) electrons. The Bertz CT molecular complexity index is 1070. The van der Waals surface area contributed by atoms with E-state index in [1.165, 1.54) is 12.1 Å². The van der Waals surface area contributed by atoms with Crippen LogP contribution in [-0.2, 0) is 0 Å². The molecule has 9 heteroatoms. The molecule has 2 atom stereocenters. The van der Waals surface area contributed by atoms with Crippen molar-refractivity contribution in [1.82, 2.24) is 4.57 Å². The topological polar surface area (TPSA) is 125 Å². The average molecular weight is 431 g/mol. The van der Waals surface area contributed by atoms with Gasteiger partial charge in [0, 0.05) is 36.6 Å². The Morgan fingerprint density at radius 2 is 2.06 bits per heavy atom. The van der Waals surface area contributed by atoms with E-state index in [1.807, 2.05) is 13.8 Å². The van der Waals surface area contributed by atoms with E-state index in [2.05, 4.69) is 9.89 Å². The lowest BCUT2D eigenvalue weighted by molar-refractivity contribution is 0.331. The van der Waals surface area contributed by atoms with Crippen LogP contribution in [0.25, 0.3) is 10.9 Å². The molecule has 1 aliphatic heterocycles. The summed E-state index contributed by atoms with van der Waals surface area (Å²) in [6.07, 6.45) is 2.82. The minimum atomic E-state index is -0.314. The number of rotatable bonds is 7. The van der Waals surface area contributed by atoms with Crippen LogP contribution >= 0.6 is 0 Å². The van der Waals surface area contributed by atoms with Gasteiger partial charge in [0.15, 0.2) is 5.96 Å². The zero-order valence-electron chi connectivity index (χ0n) is 18.1. The molecule has 1 aliphatic carbocycles. The first-order chi connectivity index (χ1) is 14.8. The number of fused-ring (bicyclic) bond motifs is 1. The molecule has 1 aromatic carbocycles. The van der Waals surface area contributed by atoms with Crippen molar-refractivity contribution in [3.8, 4) is 5.75 Å². The number of pyridine rings is 1. The monoisotopic (exact) mass is 430 g/mol. The minimum Gasteiger partial charge on any atom is -0.491 e. The smallest absolute Gasteiger partial charge is 0.255 e. The van der Waals surface area contributed by atoms with Crippen molar-refractivity contribution in [2.45, 2.75) is 45.2 Å². The molecule has 2 heterocycles. The number of hydrogen-bond acceptors (Lipinski definition) is 5. The highest BCUT2D eigenvalue weighted by Crippen LogP contribution is 2.42. The van der Waals surface area contributed by atoms with Crippen LogP contribution in [-0.4, -0.2) is 42.8 Å². The van der Waals surface area contributed by atoms with E-state index in [1.54, 1.807) is 4.57 Å². The second kappa shape index (κ2) is 8.37. The number of nitrogens with zero attached hydrogens (tertiary/aromatic N) is 3. The lowest BCUT2D eigenvalue weighted by Gasteiger charge is -2.25. The lowest BCUT2D eigenvalue weighted by Crippen LogP contribution is -2.30. The number of ether oxygens (including phenoxy) is 1. The highest BCUT2D eigenvalue weighted by Gasteiger charge is 2.32. The van der Waals surface area contributed by atoms with E-state index >= 15 is 4.39 Å². The fourth-order valence-corrected chi connectivity index (χ4v) is 4.58. The van der Waals surface area contributed by atoms with Gasteiger partial charge in [0.25, 0.3) is 5.56 Å². The molecule has 4 rings (SSSR count). The molecule has 1 aromatic heterocycles. The molecule has 0 unspecified atom stereocenters. The fraction of sp³-hybridized carbons (Fsp3) is 0.545. The largest absolute Gasteiger partial charge is 0.491 e. The molecule has 1 saturated carbocycles. The minimum absolute atomic E-state index is 0.0279. The number of benzene rings is 1. The standard InChI is InChI=1S/C22H31FN6O2/c1-12-20-16(9-17(23)21(12)28-7-5-14(11-28)13(2)24)18(31-8-6-27-22(25)26)10-19(30)29(20)15-3-4-15/h9-10,13-15H,3-8,11,24H2,1-2H3,(H4,25,26,27)/t13-,14+/m0/s1. The van der Waals surface area contributed by atoms with E-state index in [-0.39, 0.29) is 42.6 Å². The summed E-state index contributed by atoms with van der Waals surface area (Å²) in [5.74, 6) is 0.335. The summed E-state index contributed by atoms with van der Waals surface area (Å²) in [5.41, 5.74) is 18.7. The lowest BCUT2D eigenvalue weighted by atomic mass is 10.0. The van der Waals surface area contributed by atoms with Gasteiger partial charge < -0.3 is 31.4 Å². The third kappa shape index (κ3) is 4.19. The molecule has 1 saturated heterocycles. The Balaban J connectivity index is 1.80. The van der Waals surface area contributed by atoms with Crippen molar-refractivity contribution in [1.29, 1.82) is 0 Å². The molecule has 0 bridgehead atoms. The van der Waals surface area contributed by atoms with Crippen LogP contribution in [0.3, 0.4) is 0 Å². The molecule has 2 aromatic rings. The zero-order valence-corrected chi connectivity index (χ0v) is 18.1. The summed E-state index contributed by atoms with van der Waals surface area (Å²) in [4.78, 5) is 18.9. The fourth-order valence-electron chi connectivity index (χ4n) is 4.58. The highest BCUT2D eigenvalue weighted by atomic mass is 19.1. The zero-order chi connectivity index (χ0) is 22.3. The van der Waals surface area contributed by atoms with Crippen LogP contribution in [0.5, 0.6) is 5.75 Å². The average Bonchev–Trinajstić information content (AvgIpc) is 3.41. The number of anilines is 1. The molecular formula is C22H31FN6O2. The number of guanidine groups is 1. The van der Waals surface area contributed by atoms with Gasteiger partial charge in [-0.1, -0.05) is 0 Å². The first kappa shape index (κ1) is 21.4. The third-order valence-corrected chi connectivity index (χ3v) is 6.30. The van der Waals surface area contributed by atoms with Crippen LogP contribution in [0.15, 0.2) is 21.9 Å². The summed E-state index contributed by atoms with van der Waals surface area (Å²) in [5, 5.41) is 0.595. The second-order valence-electron chi connectivity index (χ2n) is 8.69. The molecule has 0 spiro atoms. The summed E-state index contributed by atoms with van der Waals surface area (Å²) in [6, 6.07) is 3.14. The van der Waals surface area contributed by atoms with Gasteiger partial charge in [0.05, 0.1) is 17.7 Å². The van der Waals surface area contributed by atoms with Crippen molar-refractivity contribution < 1.29 is 9.13 Å². The van der Waals surface area contributed by atoms with Gasteiger partial charge in [-0.05, 0) is 50.7 Å². The van der Waals surface area contributed by atoms with Crippen molar-refractivity contribution in [2.75, 3.05) is 31.1 Å². The second-order valence-corrected chi connectivity index (χ2v) is 8.69. The van der Waals surface area contributed by atoms with E-state index in [4.69, 9.17) is 21.9 Å². The van der Waals surface area contributed by atoms with Crippen molar-refractivity contribution in [2.24, 2.45) is 28.1 Å². The molecule has 2 fully saturated rings. The van der Waals surface area contributed by atoms with Crippen LogP contribution in [0.1, 0.15) is 37.8 Å². The third-order valence-electron chi connectivity index (χ3n) is 6.30. The highest BCUT2D eigenvalue weighted by molar-refractivity contribution is 5.92. The molecule has 168 valence electrons. The molecule has 8 nitrogen and oxygen atoms in total. The Morgan fingerprint density at radius 3 is 2.68 bits per heavy atom. The Hall–Kier alpha value is -2.81. The number of nitrogens with two attached hydrogens (primary N) is 3. The normalized spacial score (nSPS) is 19.6. The van der Waals surface area contributed by atoms with E-state index in [9.17, 15) is 4.79 Å². The van der Waals surface area contributed by atoms with Gasteiger partial charge in [-0.2, -0.15) is 0 Å². The van der Waals surface area contributed by atoms with Gasteiger partial charge in [0.1, 0.15) is 18.2 Å². The summed E-state index contributed by atoms with van der Waals surface area (Å²) in [7, 11) is 0. The Morgan fingerprint density at radius 1 is 1.32 bits per heavy atom. The van der Waals surface area contributed by atoms with Crippen LogP contribution in [0, 0.1) is 18.7 Å². The maximum Gasteiger partial charge on any atom is 0.255 e. The predicted molar refractivity (Wildman–Crippen MR) is 121 cm³/mol. The molecule has 31 heavy (non-hydrogen) atoms. The number of aromatic nitrogens is 1. The van der Waals surface area contributed by atoms with E-state index in [0.29, 0.717) is 29.3 Å². The maximum absolute atomic E-state index is 15.4. The van der Waals surface area contributed by atoms with Crippen molar-refractivity contribution in [3.63, 3.8) is 0 Å². The molecule has 2 aliphatic rings. The molecular weight excluding hydrogens is 399 g/mol. The maximum atomic E-state index is 15.4. The number of hydrogen-bond donors (Lipinski definition) is 3. The quantitative estimate of drug-likeness (QED) is 0.348. The summed E-state index contributed by atoms with van der Waals surface area (Å²) < 4.78 is 23.0. The number of halogens is 1. The summed E-state index contributed by atoms with van der Waals surface area (Å²) >= 11 is 0. The van der Waals surface area contributed by atoms with Crippen molar-refractivity contribution in [3.05, 3.63) is 33.9 Å². The van der Waals surface area contributed by atoms with Gasteiger partial charge in [-0.3, -0.25) is 9.79 Å². The van der Waals surface area contributed by atoms with Crippen LogP contribution in [0.2, 0.25) is 0 Å². The number of aliphatic imine (C=N–C) groups is 1. The molecule has 0 amide bonds. The Labute approximate surface area is 180 Å². The van der Waals surface area contributed by atoms with Crippen LogP contribution < -0.4 is 32.4 Å². The van der Waals surface area contributed by atoms with Crippen LogP contribution in [0.4, 0.5) is 10.1 Å². The predicted octanol–water partition coefficient (Wildman–Crippen LogP) is 1.61. The molecule has 6 N–H and O–H groups in total. The van der Waals surface area contributed by atoms with Crippen molar-refractivity contribution >= 4 is 22.5 Å². The summed E-state index contributed by atoms with van der Waals surface area (Å²) in [6.45, 7) is 5.78. The Kier molecular flexibility index (Phi) is 5.79. The van der Waals surface area contributed by atoms with Gasteiger partial charge >= 0.3 is 0 Å². The van der Waals surface area contributed by atoms with E-state index in [0.717, 1.165) is 36.9 Å². The van der Waals surface area contributed by atoms with E-state index < -0.39 is 0 Å². The van der Waals surface area contributed by atoms with Gasteiger partial charge in [-0.25, -0.2) is 4.39 Å². The van der Waals surface area contributed by atoms with Gasteiger partial charge in [0.2, 0.25) is 0 Å². The SMILES string of the molecule is Cc1c(N2CC[C@@H]([C@H](C)N)C2)c(F)cc2c(OCCN=C(N)N)cc(=O)n(C3CC3)c12.